The Labute approximate surface area is 127 Å². The van der Waals surface area contributed by atoms with Crippen molar-refractivity contribution in [3.63, 3.8) is 0 Å². The summed E-state index contributed by atoms with van der Waals surface area (Å²) in [5.41, 5.74) is 2.92. The lowest BCUT2D eigenvalue weighted by Crippen LogP contribution is -1.99. The van der Waals surface area contributed by atoms with Crippen LogP contribution in [0.2, 0.25) is 0 Å². The second-order valence-corrected chi connectivity index (χ2v) is 5.99. The van der Waals surface area contributed by atoms with E-state index in [9.17, 15) is 5.11 Å². The maximum Gasteiger partial charge on any atom is 0.224 e. The highest BCUT2D eigenvalue weighted by atomic mass is 79.9. The summed E-state index contributed by atoms with van der Waals surface area (Å²) in [5, 5.41) is 9.41. The minimum absolute atomic E-state index is 0.107. The Kier molecular flexibility index (Phi) is 4.78. The van der Waals surface area contributed by atoms with E-state index in [1.165, 1.54) is 0 Å². The molecule has 0 unspecified atom stereocenters. The van der Waals surface area contributed by atoms with E-state index in [4.69, 9.17) is 4.74 Å². The molecular formula is C16H18BrNO2. The molecular weight excluding hydrogens is 318 g/mol. The number of hydrogen-bond acceptors (Lipinski definition) is 3. The third kappa shape index (κ3) is 3.38. The van der Waals surface area contributed by atoms with Gasteiger partial charge in [-0.1, -0.05) is 26.0 Å². The van der Waals surface area contributed by atoms with Crippen molar-refractivity contribution in [1.29, 1.82) is 0 Å². The monoisotopic (exact) mass is 335 g/mol. The molecule has 0 aliphatic rings. The van der Waals surface area contributed by atoms with Crippen LogP contribution in [-0.4, -0.2) is 10.1 Å². The number of rotatable bonds is 4. The van der Waals surface area contributed by atoms with E-state index in [1.807, 2.05) is 19.1 Å². The molecule has 0 aliphatic heterocycles. The first kappa shape index (κ1) is 15.0. The molecule has 0 aliphatic carbocycles. The number of halogens is 1. The van der Waals surface area contributed by atoms with Crippen molar-refractivity contribution in [2.45, 2.75) is 33.3 Å². The molecule has 0 saturated carbocycles. The van der Waals surface area contributed by atoms with Gasteiger partial charge in [0.1, 0.15) is 5.75 Å². The molecule has 0 spiro atoms. The highest BCUT2D eigenvalue weighted by molar-refractivity contribution is 9.10. The molecule has 3 nitrogen and oxygen atoms in total. The molecule has 2 rings (SSSR count). The molecule has 1 heterocycles. The van der Waals surface area contributed by atoms with Gasteiger partial charge in [-0.05, 0) is 52.0 Å². The van der Waals surface area contributed by atoms with Gasteiger partial charge in [0.15, 0.2) is 0 Å². The molecule has 1 aromatic carbocycles. The number of aliphatic hydroxyl groups excluding tert-OH is 1. The zero-order chi connectivity index (χ0) is 14.7. The van der Waals surface area contributed by atoms with E-state index in [0.29, 0.717) is 17.4 Å². The lowest BCUT2D eigenvalue weighted by Gasteiger charge is -2.15. The maximum atomic E-state index is 9.41. The van der Waals surface area contributed by atoms with Gasteiger partial charge in [-0.15, -0.1) is 0 Å². The van der Waals surface area contributed by atoms with E-state index < -0.39 is 0 Å². The second kappa shape index (κ2) is 6.37. The minimum atomic E-state index is -0.107. The zero-order valence-electron chi connectivity index (χ0n) is 11.9. The number of aliphatic hydroxyl groups is 1. The van der Waals surface area contributed by atoms with Crippen LogP contribution in [-0.2, 0) is 6.61 Å². The van der Waals surface area contributed by atoms with Gasteiger partial charge in [-0.3, -0.25) is 0 Å². The van der Waals surface area contributed by atoms with Gasteiger partial charge < -0.3 is 9.84 Å². The quantitative estimate of drug-likeness (QED) is 0.890. The Morgan fingerprint density at radius 1 is 1.30 bits per heavy atom. The van der Waals surface area contributed by atoms with Gasteiger partial charge >= 0.3 is 0 Å². The highest BCUT2D eigenvalue weighted by Gasteiger charge is 2.12. The van der Waals surface area contributed by atoms with Gasteiger partial charge in [0.05, 0.1) is 6.61 Å². The van der Waals surface area contributed by atoms with Crippen LogP contribution in [0.15, 0.2) is 34.9 Å². The van der Waals surface area contributed by atoms with Crippen LogP contribution in [0.1, 0.15) is 36.5 Å². The smallest absolute Gasteiger partial charge is 0.224 e. The molecule has 2 aromatic rings. The summed E-state index contributed by atoms with van der Waals surface area (Å²) in [7, 11) is 0. The molecule has 0 amide bonds. The average molecular weight is 336 g/mol. The predicted molar refractivity (Wildman–Crippen MR) is 83.2 cm³/mol. The van der Waals surface area contributed by atoms with Crippen LogP contribution in [0.3, 0.4) is 0 Å². The molecule has 0 atom stereocenters. The fraction of sp³-hybridized carbons (Fsp3) is 0.312. The van der Waals surface area contributed by atoms with Crippen molar-refractivity contribution >= 4 is 15.9 Å². The zero-order valence-corrected chi connectivity index (χ0v) is 13.4. The van der Waals surface area contributed by atoms with Crippen molar-refractivity contribution in [3.05, 3.63) is 51.6 Å². The van der Waals surface area contributed by atoms with Gasteiger partial charge in [0.2, 0.25) is 5.88 Å². The van der Waals surface area contributed by atoms with E-state index in [2.05, 4.69) is 46.9 Å². The van der Waals surface area contributed by atoms with Gasteiger partial charge in [-0.2, -0.15) is 0 Å². The summed E-state index contributed by atoms with van der Waals surface area (Å²) in [6.07, 6.45) is 1.67. The number of aromatic nitrogens is 1. The molecule has 106 valence electrons. The highest BCUT2D eigenvalue weighted by Crippen LogP contribution is 2.32. The van der Waals surface area contributed by atoms with Gasteiger partial charge in [0, 0.05) is 16.2 Å². The van der Waals surface area contributed by atoms with Crippen LogP contribution in [0.4, 0.5) is 0 Å². The van der Waals surface area contributed by atoms with Crippen LogP contribution in [0.25, 0.3) is 0 Å². The number of hydrogen-bond donors (Lipinski definition) is 1. The van der Waals surface area contributed by atoms with Crippen molar-refractivity contribution < 1.29 is 9.84 Å². The molecule has 20 heavy (non-hydrogen) atoms. The van der Waals surface area contributed by atoms with Crippen molar-refractivity contribution in [1.82, 2.24) is 4.98 Å². The number of pyridine rings is 1. The Hall–Kier alpha value is -1.39. The molecule has 0 radical (unpaired) electrons. The molecule has 1 aromatic heterocycles. The van der Waals surface area contributed by atoms with Crippen molar-refractivity contribution in [2.75, 3.05) is 0 Å². The number of ether oxygens (including phenoxy) is 1. The molecule has 4 heteroatoms. The topological polar surface area (TPSA) is 42.4 Å². The van der Waals surface area contributed by atoms with Crippen molar-refractivity contribution in [2.24, 2.45) is 0 Å². The first-order valence-electron chi connectivity index (χ1n) is 6.55. The van der Waals surface area contributed by atoms with Crippen LogP contribution < -0.4 is 4.74 Å². The SMILES string of the molecule is Cc1ccc(C(C)C)c(Oc2ncc(Br)cc2CO)c1. The minimum Gasteiger partial charge on any atom is -0.438 e. The Morgan fingerprint density at radius 3 is 2.70 bits per heavy atom. The first-order valence-corrected chi connectivity index (χ1v) is 7.34. The molecule has 0 fully saturated rings. The Morgan fingerprint density at radius 2 is 2.05 bits per heavy atom. The van der Waals surface area contributed by atoms with E-state index >= 15 is 0 Å². The maximum absolute atomic E-state index is 9.41. The fourth-order valence-corrected chi connectivity index (χ4v) is 2.36. The summed E-state index contributed by atoms with van der Waals surface area (Å²) in [6.45, 7) is 6.17. The summed E-state index contributed by atoms with van der Waals surface area (Å²) < 4.78 is 6.76. The molecule has 0 saturated heterocycles. The molecule has 1 N–H and O–H groups in total. The lowest BCUT2D eigenvalue weighted by atomic mass is 10.0. The van der Waals surface area contributed by atoms with E-state index in [0.717, 1.165) is 21.3 Å². The normalized spacial score (nSPS) is 10.9. The summed E-state index contributed by atoms with van der Waals surface area (Å²) in [5.74, 6) is 1.60. The van der Waals surface area contributed by atoms with Crippen LogP contribution in [0.5, 0.6) is 11.6 Å². The first-order chi connectivity index (χ1) is 9.51. The standard InChI is InChI=1S/C16H18BrNO2/c1-10(2)14-5-4-11(3)6-15(14)20-16-12(9-19)7-13(17)8-18-16/h4-8,10,19H,9H2,1-3H3. The lowest BCUT2D eigenvalue weighted by molar-refractivity contribution is 0.274. The predicted octanol–water partition coefficient (Wildman–Crippen LogP) is 4.56. The van der Waals surface area contributed by atoms with Gasteiger partial charge in [0.25, 0.3) is 0 Å². The number of benzene rings is 1. The van der Waals surface area contributed by atoms with Crippen LogP contribution >= 0.6 is 15.9 Å². The fourth-order valence-electron chi connectivity index (χ4n) is 1.98. The molecule has 0 bridgehead atoms. The third-order valence-electron chi connectivity index (χ3n) is 3.06. The third-order valence-corrected chi connectivity index (χ3v) is 3.49. The largest absolute Gasteiger partial charge is 0.438 e. The van der Waals surface area contributed by atoms with Crippen LogP contribution in [0, 0.1) is 6.92 Å². The number of aryl methyl sites for hydroxylation is 1. The number of nitrogens with zero attached hydrogens (tertiary/aromatic N) is 1. The summed E-state index contributed by atoms with van der Waals surface area (Å²) in [4.78, 5) is 4.25. The van der Waals surface area contributed by atoms with E-state index in [-0.39, 0.29) is 6.61 Å². The average Bonchev–Trinajstić information content (AvgIpc) is 2.40. The van der Waals surface area contributed by atoms with Crippen molar-refractivity contribution in [3.8, 4) is 11.6 Å². The Balaban J connectivity index is 2.41. The van der Waals surface area contributed by atoms with E-state index in [1.54, 1.807) is 6.20 Å². The second-order valence-electron chi connectivity index (χ2n) is 5.07. The Bertz CT molecular complexity index is 611. The summed E-state index contributed by atoms with van der Waals surface area (Å²) in [6, 6.07) is 7.96. The summed E-state index contributed by atoms with van der Waals surface area (Å²) >= 11 is 3.34. The van der Waals surface area contributed by atoms with Gasteiger partial charge in [-0.25, -0.2) is 4.98 Å².